The van der Waals surface area contributed by atoms with Crippen LogP contribution in [0.25, 0.3) is 0 Å². The summed E-state index contributed by atoms with van der Waals surface area (Å²) in [5.74, 6) is 0.0802. The fourth-order valence-electron chi connectivity index (χ4n) is 2.60. The number of carbonyl (C=O) groups is 1. The summed E-state index contributed by atoms with van der Waals surface area (Å²) in [4.78, 5) is 14.5. The monoisotopic (exact) mass is 299 g/mol. The molecular formula is C12H18BrN3O. The average molecular weight is 300 g/mol. The number of likely N-dealkylation sites (tertiary alicyclic amines) is 1. The summed E-state index contributed by atoms with van der Waals surface area (Å²) in [7, 11) is 1.80. The van der Waals surface area contributed by atoms with Crippen LogP contribution in [0.5, 0.6) is 0 Å². The zero-order valence-corrected chi connectivity index (χ0v) is 12.1. The lowest BCUT2D eigenvalue weighted by molar-refractivity contribution is 0.0498. The minimum atomic E-state index is 0.0802. The van der Waals surface area contributed by atoms with Gasteiger partial charge in [0.15, 0.2) is 0 Å². The Morgan fingerprint density at radius 3 is 2.47 bits per heavy atom. The van der Waals surface area contributed by atoms with Gasteiger partial charge in [0.25, 0.3) is 5.91 Å². The molecule has 2 rings (SSSR count). The Morgan fingerprint density at radius 2 is 2.00 bits per heavy atom. The maximum atomic E-state index is 12.6. The molecule has 0 saturated carbocycles. The molecule has 4 nitrogen and oxygen atoms in total. The van der Waals surface area contributed by atoms with Crippen molar-refractivity contribution in [1.82, 2.24) is 14.7 Å². The Labute approximate surface area is 110 Å². The van der Waals surface area contributed by atoms with Crippen molar-refractivity contribution in [3.8, 4) is 0 Å². The molecule has 2 heterocycles. The van der Waals surface area contributed by atoms with E-state index in [1.165, 1.54) is 6.42 Å². The number of amides is 1. The number of hydrogen-bond donors (Lipinski definition) is 0. The minimum Gasteiger partial charge on any atom is -0.332 e. The Balaban J connectivity index is 2.30. The molecule has 1 aromatic heterocycles. The molecule has 0 N–H and O–H groups in total. The highest BCUT2D eigenvalue weighted by Gasteiger charge is 2.32. The normalized spacial score (nSPS) is 25.1. The van der Waals surface area contributed by atoms with E-state index in [0.29, 0.717) is 17.8 Å². The molecule has 0 unspecified atom stereocenters. The topological polar surface area (TPSA) is 38.1 Å². The zero-order valence-electron chi connectivity index (χ0n) is 10.5. The maximum absolute atomic E-state index is 12.6. The van der Waals surface area contributed by atoms with E-state index >= 15 is 0 Å². The molecule has 1 aromatic rings. The van der Waals surface area contributed by atoms with Crippen LogP contribution in [0.15, 0.2) is 10.7 Å². The summed E-state index contributed by atoms with van der Waals surface area (Å²) in [5.41, 5.74) is 0.644. The average Bonchev–Trinajstić information content (AvgIpc) is 2.58. The SMILES string of the molecule is C[C@H]1CCC[C@H](C)N1C(=O)c1c(Br)cnn1C. The number of piperidine rings is 1. The fourth-order valence-corrected chi connectivity index (χ4v) is 3.11. The van der Waals surface area contributed by atoms with E-state index < -0.39 is 0 Å². The van der Waals surface area contributed by atoms with Crippen molar-refractivity contribution >= 4 is 21.8 Å². The van der Waals surface area contributed by atoms with E-state index in [-0.39, 0.29) is 5.91 Å². The van der Waals surface area contributed by atoms with E-state index in [2.05, 4.69) is 34.9 Å². The summed E-state index contributed by atoms with van der Waals surface area (Å²) >= 11 is 3.39. The number of nitrogens with zero attached hydrogens (tertiary/aromatic N) is 3. The van der Waals surface area contributed by atoms with E-state index in [4.69, 9.17) is 0 Å². The van der Waals surface area contributed by atoms with E-state index in [9.17, 15) is 4.79 Å². The smallest absolute Gasteiger partial charge is 0.273 e. The van der Waals surface area contributed by atoms with Crippen molar-refractivity contribution in [2.45, 2.75) is 45.2 Å². The third-order valence-electron chi connectivity index (χ3n) is 3.52. The number of aromatic nitrogens is 2. The molecule has 2 atom stereocenters. The van der Waals surface area contributed by atoms with Gasteiger partial charge in [-0.25, -0.2) is 0 Å². The number of hydrogen-bond acceptors (Lipinski definition) is 2. The van der Waals surface area contributed by atoms with Gasteiger partial charge in [0.2, 0.25) is 0 Å². The Morgan fingerprint density at radius 1 is 1.41 bits per heavy atom. The van der Waals surface area contributed by atoms with Gasteiger partial charge in [-0.15, -0.1) is 0 Å². The maximum Gasteiger partial charge on any atom is 0.273 e. The van der Waals surface area contributed by atoms with E-state index in [1.54, 1.807) is 17.9 Å². The van der Waals surface area contributed by atoms with Crippen LogP contribution in [0.1, 0.15) is 43.6 Å². The molecule has 1 amide bonds. The van der Waals surface area contributed by atoms with Crippen LogP contribution in [0.2, 0.25) is 0 Å². The predicted molar refractivity (Wildman–Crippen MR) is 69.9 cm³/mol. The first-order valence-corrected chi connectivity index (χ1v) is 6.82. The van der Waals surface area contributed by atoms with Gasteiger partial charge >= 0.3 is 0 Å². The Kier molecular flexibility index (Phi) is 3.56. The third-order valence-corrected chi connectivity index (χ3v) is 4.11. The second kappa shape index (κ2) is 4.80. The molecule has 17 heavy (non-hydrogen) atoms. The first-order valence-electron chi connectivity index (χ1n) is 6.02. The van der Waals surface area contributed by atoms with E-state index in [0.717, 1.165) is 17.3 Å². The molecule has 0 aliphatic carbocycles. The number of carbonyl (C=O) groups excluding carboxylic acids is 1. The first-order chi connectivity index (χ1) is 8.02. The van der Waals surface area contributed by atoms with Gasteiger partial charge < -0.3 is 4.90 Å². The van der Waals surface area contributed by atoms with Crippen molar-refractivity contribution in [3.05, 3.63) is 16.4 Å². The Hall–Kier alpha value is -0.840. The van der Waals surface area contributed by atoms with E-state index in [1.807, 2.05) is 4.90 Å². The largest absolute Gasteiger partial charge is 0.332 e. The molecule has 0 radical (unpaired) electrons. The highest BCUT2D eigenvalue weighted by atomic mass is 79.9. The van der Waals surface area contributed by atoms with Gasteiger partial charge in [0.1, 0.15) is 5.69 Å². The van der Waals surface area contributed by atoms with Gasteiger partial charge in [0.05, 0.1) is 10.7 Å². The lowest BCUT2D eigenvalue weighted by Gasteiger charge is -2.39. The molecule has 0 spiro atoms. The van der Waals surface area contributed by atoms with Gasteiger partial charge in [-0.1, -0.05) is 0 Å². The molecule has 0 aromatic carbocycles. The van der Waals surface area contributed by atoms with Crippen molar-refractivity contribution in [2.24, 2.45) is 7.05 Å². The lowest BCUT2D eigenvalue weighted by atomic mass is 9.97. The molecule has 0 bridgehead atoms. The third kappa shape index (κ3) is 2.25. The predicted octanol–water partition coefficient (Wildman–Crippen LogP) is 2.59. The molecule has 1 aliphatic rings. The van der Waals surface area contributed by atoms with Gasteiger partial charge in [0, 0.05) is 19.1 Å². The van der Waals surface area contributed by atoms with Crippen LogP contribution >= 0.6 is 15.9 Å². The van der Waals surface area contributed by atoms with Crippen LogP contribution in [-0.2, 0) is 7.05 Å². The zero-order chi connectivity index (χ0) is 12.6. The standard InChI is InChI=1S/C12H18BrN3O/c1-8-5-4-6-9(2)16(8)12(17)11-10(13)7-14-15(11)3/h7-9H,4-6H2,1-3H3/t8-,9-/m0/s1. The molecule has 5 heteroatoms. The summed E-state index contributed by atoms with van der Waals surface area (Å²) in [5, 5.41) is 4.10. The second-order valence-corrected chi connectivity index (χ2v) is 5.66. The van der Waals surface area contributed by atoms with Crippen LogP contribution in [-0.4, -0.2) is 32.7 Å². The number of aryl methyl sites for hydroxylation is 1. The van der Waals surface area contributed by atoms with Gasteiger partial charge in [-0.3, -0.25) is 9.48 Å². The minimum absolute atomic E-state index is 0.0802. The number of halogens is 1. The second-order valence-electron chi connectivity index (χ2n) is 4.81. The van der Waals surface area contributed by atoms with Crippen molar-refractivity contribution in [2.75, 3.05) is 0 Å². The van der Waals surface area contributed by atoms with Gasteiger partial charge in [-0.2, -0.15) is 5.10 Å². The van der Waals surface area contributed by atoms with Crippen molar-refractivity contribution < 1.29 is 4.79 Å². The first kappa shape index (κ1) is 12.6. The van der Waals surface area contributed by atoms with Crippen LogP contribution in [0.3, 0.4) is 0 Å². The van der Waals surface area contributed by atoms with Crippen molar-refractivity contribution in [1.29, 1.82) is 0 Å². The summed E-state index contributed by atoms with van der Waals surface area (Å²) in [6.45, 7) is 4.25. The van der Waals surface area contributed by atoms with Crippen LogP contribution < -0.4 is 0 Å². The summed E-state index contributed by atoms with van der Waals surface area (Å²) in [6.07, 6.45) is 5.06. The van der Waals surface area contributed by atoms with Crippen LogP contribution in [0, 0.1) is 0 Å². The summed E-state index contributed by atoms with van der Waals surface area (Å²) in [6, 6.07) is 0.626. The molecule has 94 valence electrons. The van der Waals surface area contributed by atoms with Gasteiger partial charge in [-0.05, 0) is 49.0 Å². The lowest BCUT2D eigenvalue weighted by Crippen LogP contribution is -2.48. The summed E-state index contributed by atoms with van der Waals surface area (Å²) < 4.78 is 2.41. The molecule has 1 aliphatic heterocycles. The molecule has 1 fully saturated rings. The quantitative estimate of drug-likeness (QED) is 0.799. The van der Waals surface area contributed by atoms with Crippen molar-refractivity contribution in [3.63, 3.8) is 0 Å². The number of rotatable bonds is 1. The highest BCUT2D eigenvalue weighted by molar-refractivity contribution is 9.10. The Bertz CT molecular complexity index is 400. The fraction of sp³-hybridized carbons (Fsp3) is 0.667. The molecule has 1 saturated heterocycles. The molecular weight excluding hydrogens is 282 g/mol. The van der Waals surface area contributed by atoms with Crippen LogP contribution in [0.4, 0.5) is 0 Å². The highest BCUT2D eigenvalue weighted by Crippen LogP contribution is 2.26.